The van der Waals surface area contributed by atoms with Gasteiger partial charge in [-0.05, 0) is 6.92 Å². The van der Waals surface area contributed by atoms with E-state index < -0.39 is 28.2 Å². The molecule has 0 aliphatic rings. The number of carboxylic acids is 1. The van der Waals surface area contributed by atoms with Crippen LogP contribution in [0.1, 0.15) is 18.1 Å². The SMILES string of the molecule is Cc1nc(CN(C)S(=O)(=O)CCC(=O)O)n[nH]1. The Balaban J connectivity index is 2.62. The van der Waals surface area contributed by atoms with Crippen LogP contribution in [0.4, 0.5) is 0 Å². The fourth-order valence-corrected chi connectivity index (χ4v) is 2.19. The van der Waals surface area contributed by atoms with Crippen LogP contribution in [0.3, 0.4) is 0 Å². The maximum absolute atomic E-state index is 11.6. The average molecular weight is 262 g/mol. The minimum Gasteiger partial charge on any atom is -0.481 e. The van der Waals surface area contributed by atoms with E-state index in [9.17, 15) is 13.2 Å². The number of hydrogen-bond acceptors (Lipinski definition) is 5. The number of aromatic nitrogens is 3. The Morgan fingerprint density at radius 3 is 2.65 bits per heavy atom. The summed E-state index contributed by atoms with van der Waals surface area (Å²) in [6, 6.07) is 0. The second-order valence-electron chi connectivity index (χ2n) is 3.55. The van der Waals surface area contributed by atoms with E-state index in [0.717, 1.165) is 4.31 Å². The number of aliphatic carboxylic acids is 1. The van der Waals surface area contributed by atoms with Crippen LogP contribution in [-0.2, 0) is 21.4 Å². The number of aromatic amines is 1. The molecule has 17 heavy (non-hydrogen) atoms. The Bertz CT molecular complexity index is 495. The summed E-state index contributed by atoms with van der Waals surface area (Å²) in [5, 5.41) is 14.8. The van der Waals surface area contributed by atoms with Gasteiger partial charge in [-0.25, -0.2) is 13.4 Å². The van der Waals surface area contributed by atoms with Crippen molar-refractivity contribution >= 4 is 16.0 Å². The molecule has 0 aliphatic carbocycles. The lowest BCUT2D eigenvalue weighted by Gasteiger charge is -2.14. The molecule has 0 amide bonds. The first-order chi connectivity index (χ1) is 7.81. The standard InChI is InChI=1S/C8H14N4O4S/c1-6-9-7(11-10-6)5-12(2)17(15,16)4-3-8(13)14/h3-5H2,1-2H3,(H,13,14)(H,9,10,11). The summed E-state index contributed by atoms with van der Waals surface area (Å²) in [4.78, 5) is 14.3. The van der Waals surface area contributed by atoms with Gasteiger partial charge in [0.15, 0.2) is 5.82 Å². The zero-order chi connectivity index (χ0) is 13.1. The Morgan fingerprint density at radius 1 is 1.53 bits per heavy atom. The number of nitrogens with zero attached hydrogens (tertiary/aromatic N) is 3. The molecule has 0 fully saturated rings. The third-order valence-electron chi connectivity index (χ3n) is 2.06. The van der Waals surface area contributed by atoms with Crippen LogP contribution in [0.2, 0.25) is 0 Å². The van der Waals surface area contributed by atoms with Crippen LogP contribution < -0.4 is 0 Å². The van der Waals surface area contributed by atoms with E-state index in [2.05, 4.69) is 15.2 Å². The number of sulfonamides is 1. The average Bonchev–Trinajstić information content (AvgIpc) is 2.61. The van der Waals surface area contributed by atoms with Gasteiger partial charge < -0.3 is 5.11 Å². The molecule has 9 heteroatoms. The molecule has 0 saturated carbocycles. The van der Waals surface area contributed by atoms with Crippen LogP contribution in [0.5, 0.6) is 0 Å². The number of aryl methyl sites for hydroxylation is 1. The third kappa shape index (κ3) is 4.11. The summed E-state index contributed by atoms with van der Waals surface area (Å²) >= 11 is 0. The number of hydrogen-bond donors (Lipinski definition) is 2. The van der Waals surface area contributed by atoms with Gasteiger partial charge in [0.25, 0.3) is 0 Å². The molecular weight excluding hydrogens is 248 g/mol. The van der Waals surface area contributed by atoms with Crippen molar-refractivity contribution in [2.24, 2.45) is 0 Å². The van der Waals surface area contributed by atoms with E-state index >= 15 is 0 Å². The number of carbonyl (C=O) groups is 1. The monoisotopic (exact) mass is 262 g/mol. The molecule has 0 spiro atoms. The van der Waals surface area contributed by atoms with E-state index in [1.54, 1.807) is 6.92 Å². The lowest BCUT2D eigenvalue weighted by Crippen LogP contribution is -2.30. The maximum Gasteiger partial charge on any atom is 0.304 e. The Labute approximate surface area is 98.7 Å². The molecule has 1 rings (SSSR count). The highest BCUT2D eigenvalue weighted by molar-refractivity contribution is 7.89. The Morgan fingerprint density at radius 2 is 2.18 bits per heavy atom. The van der Waals surface area contributed by atoms with Gasteiger partial charge in [-0.3, -0.25) is 9.89 Å². The van der Waals surface area contributed by atoms with Crippen molar-refractivity contribution in [3.63, 3.8) is 0 Å². The zero-order valence-electron chi connectivity index (χ0n) is 9.54. The molecule has 0 atom stereocenters. The van der Waals surface area contributed by atoms with Crippen LogP contribution in [0.15, 0.2) is 0 Å². The smallest absolute Gasteiger partial charge is 0.304 e. The van der Waals surface area contributed by atoms with Crippen molar-refractivity contribution in [3.05, 3.63) is 11.6 Å². The zero-order valence-corrected chi connectivity index (χ0v) is 10.4. The molecule has 1 heterocycles. The molecule has 1 aromatic heterocycles. The predicted octanol–water partition coefficient (Wildman–Crippen LogP) is -0.651. The van der Waals surface area contributed by atoms with E-state index in [1.165, 1.54) is 7.05 Å². The van der Waals surface area contributed by atoms with Gasteiger partial charge in [-0.1, -0.05) is 0 Å². The lowest BCUT2D eigenvalue weighted by molar-refractivity contribution is -0.136. The fourth-order valence-electron chi connectivity index (χ4n) is 1.13. The first-order valence-electron chi connectivity index (χ1n) is 4.85. The summed E-state index contributed by atoms with van der Waals surface area (Å²) in [6.45, 7) is 1.72. The predicted molar refractivity (Wildman–Crippen MR) is 58.6 cm³/mol. The van der Waals surface area contributed by atoms with Gasteiger partial charge in [0.1, 0.15) is 5.82 Å². The largest absolute Gasteiger partial charge is 0.481 e. The van der Waals surface area contributed by atoms with Gasteiger partial charge in [-0.15, -0.1) is 0 Å². The Kier molecular flexibility index (Phi) is 4.18. The van der Waals surface area contributed by atoms with Crippen molar-refractivity contribution in [2.45, 2.75) is 19.9 Å². The van der Waals surface area contributed by atoms with E-state index in [0.29, 0.717) is 11.6 Å². The summed E-state index contributed by atoms with van der Waals surface area (Å²) in [7, 11) is -2.22. The van der Waals surface area contributed by atoms with Crippen molar-refractivity contribution in [1.82, 2.24) is 19.5 Å². The highest BCUT2D eigenvalue weighted by atomic mass is 32.2. The quantitative estimate of drug-likeness (QED) is 0.703. The summed E-state index contributed by atoms with van der Waals surface area (Å²) in [5.41, 5.74) is 0. The molecule has 0 radical (unpaired) electrons. The van der Waals surface area contributed by atoms with Gasteiger partial charge in [-0.2, -0.15) is 9.40 Å². The van der Waals surface area contributed by atoms with Crippen LogP contribution >= 0.6 is 0 Å². The fraction of sp³-hybridized carbons (Fsp3) is 0.625. The minimum absolute atomic E-state index is 0.0201. The van der Waals surface area contributed by atoms with Crippen LogP contribution in [0, 0.1) is 6.92 Å². The molecule has 0 bridgehead atoms. The van der Waals surface area contributed by atoms with Crippen molar-refractivity contribution in [1.29, 1.82) is 0 Å². The summed E-state index contributed by atoms with van der Waals surface area (Å²) in [5.74, 6) is -0.627. The molecule has 0 saturated heterocycles. The Hall–Kier alpha value is -1.48. The number of nitrogens with one attached hydrogen (secondary N) is 1. The molecule has 0 aromatic carbocycles. The number of carboxylic acid groups (broad SMARTS) is 1. The van der Waals surface area contributed by atoms with E-state index in [4.69, 9.17) is 5.11 Å². The van der Waals surface area contributed by atoms with Gasteiger partial charge in [0.2, 0.25) is 10.0 Å². The van der Waals surface area contributed by atoms with Crippen molar-refractivity contribution in [3.8, 4) is 0 Å². The first-order valence-corrected chi connectivity index (χ1v) is 6.46. The van der Waals surface area contributed by atoms with E-state index in [1.807, 2.05) is 0 Å². The topological polar surface area (TPSA) is 116 Å². The van der Waals surface area contributed by atoms with Gasteiger partial charge in [0.05, 0.1) is 18.7 Å². The molecule has 0 unspecified atom stereocenters. The molecule has 2 N–H and O–H groups in total. The van der Waals surface area contributed by atoms with E-state index in [-0.39, 0.29) is 6.54 Å². The number of H-pyrrole nitrogens is 1. The normalized spacial score (nSPS) is 11.9. The molecule has 0 aliphatic heterocycles. The maximum atomic E-state index is 11.6. The summed E-state index contributed by atoms with van der Waals surface area (Å²) < 4.78 is 24.3. The molecule has 8 nitrogen and oxygen atoms in total. The number of rotatable bonds is 6. The molecular formula is C8H14N4O4S. The first kappa shape index (κ1) is 13.6. The van der Waals surface area contributed by atoms with Crippen LogP contribution in [-0.4, -0.2) is 51.8 Å². The second kappa shape index (κ2) is 5.23. The molecule has 1 aromatic rings. The van der Waals surface area contributed by atoms with Crippen molar-refractivity contribution in [2.75, 3.05) is 12.8 Å². The highest BCUT2D eigenvalue weighted by Crippen LogP contribution is 2.05. The lowest BCUT2D eigenvalue weighted by atomic mass is 10.5. The minimum atomic E-state index is -3.59. The second-order valence-corrected chi connectivity index (χ2v) is 5.75. The third-order valence-corrected chi connectivity index (χ3v) is 3.86. The highest BCUT2D eigenvalue weighted by Gasteiger charge is 2.20. The summed E-state index contributed by atoms with van der Waals surface area (Å²) in [6.07, 6.45) is -0.417. The van der Waals surface area contributed by atoms with Crippen LogP contribution in [0.25, 0.3) is 0 Å². The van der Waals surface area contributed by atoms with Crippen molar-refractivity contribution < 1.29 is 18.3 Å². The van der Waals surface area contributed by atoms with Gasteiger partial charge in [0, 0.05) is 7.05 Å². The molecule has 96 valence electrons. The van der Waals surface area contributed by atoms with Gasteiger partial charge >= 0.3 is 5.97 Å².